The quantitative estimate of drug-likeness (QED) is 0.500. The summed E-state index contributed by atoms with van der Waals surface area (Å²) in [5.41, 5.74) is 3.61. The number of carbonyl (C=O) groups excluding carboxylic acids is 1. The Labute approximate surface area is 159 Å². The lowest BCUT2D eigenvalue weighted by Crippen LogP contribution is -2.25. The number of amides is 1. The van der Waals surface area contributed by atoms with Crippen molar-refractivity contribution >= 4 is 27.6 Å². The lowest BCUT2D eigenvalue weighted by molar-refractivity contribution is -0.130. The smallest absolute Gasteiger partial charge is 0.222 e. The van der Waals surface area contributed by atoms with E-state index in [-0.39, 0.29) is 5.91 Å². The molecule has 0 radical (unpaired) electrons. The molecule has 3 heteroatoms. The molecule has 0 aliphatic heterocycles. The zero-order valence-electron chi connectivity index (χ0n) is 15.6. The van der Waals surface area contributed by atoms with Crippen LogP contribution in [-0.4, -0.2) is 22.8 Å². The number of nitrogens with zero attached hydrogens (tertiary/aromatic N) is 1. The Kier molecular flexibility index (Phi) is 4.93. The van der Waals surface area contributed by atoms with E-state index in [0.717, 1.165) is 18.4 Å². The van der Waals surface area contributed by atoms with Gasteiger partial charge >= 0.3 is 0 Å². The van der Waals surface area contributed by atoms with Gasteiger partial charge in [0.2, 0.25) is 5.91 Å². The number of benzene rings is 3. The molecule has 3 aromatic carbocycles. The second-order valence-electron chi connectivity index (χ2n) is 7.14. The number of hydrogen-bond acceptors (Lipinski definition) is 1. The minimum Gasteiger partial charge on any atom is -0.361 e. The summed E-state index contributed by atoms with van der Waals surface area (Å²) >= 11 is 0. The van der Waals surface area contributed by atoms with Crippen molar-refractivity contribution in [3.05, 3.63) is 84.1 Å². The monoisotopic (exact) mass is 356 g/mol. The first-order valence-corrected chi connectivity index (χ1v) is 9.47. The van der Waals surface area contributed by atoms with Crippen molar-refractivity contribution in [1.29, 1.82) is 0 Å². The number of aryl methyl sites for hydroxylation is 1. The van der Waals surface area contributed by atoms with Crippen LogP contribution in [0, 0.1) is 0 Å². The van der Waals surface area contributed by atoms with Crippen molar-refractivity contribution in [2.24, 2.45) is 0 Å². The summed E-state index contributed by atoms with van der Waals surface area (Å²) in [4.78, 5) is 17.7. The van der Waals surface area contributed by atoms with E-state index in [2.05, 4.69) is 59.7 Å². The predicted octanol–water partition coefficient (Wildman–Crippen LogP) is 5.30. The molecule has 1 aromatic heterocycles. The summed E-state index contributed by atoms with van der Waals surface area (Å²) in [6.45, 7) is 0.650. The lowest BCUT2D eigenvalue weighted by atomic mass is 10.1. The van der Waals surface area contributed by atoms with Crippen LogP contribution >= 0.6 is 0 Å². The lowest BCUT2D eigenvalue weighted by Gasteiger charge is -2.17. The van der Waals surface area contributed by atoms with Crippen LogP contribution in [0.25, 0.3) is 21.7 Å². The van der Waals surface area contributed by atoms with Gasteiger partial charge in [0.15, 0.2) is 0 Å². The highest BCUT2D eigenvalue weighted by molar-refractivity contribution is 5.84. The number of H-pyrrole nitrogens is 1. The Morgan fingerprint density at radius 3 is 2.63 bits per heavy atom. The van der Waals surface area contributed by atoms with Gasteiger partial charge in [-0.25, -0.2) is 0 Å². The first kappa shape index (κ1) is 17.3. The van der Waals surface area contributed by atoms with E-state index < -0.39 is 0 Å². The van der Waals surface area contributed by atoms with E-state index in [0.29, 0.717) is 13.0 Å². The number of rotatable bonds is 6. The van der Waals surface area contributed by atoms with Gasteiger partial charge in [0, 0.05) is 37.1 Å². The maximum Gasteiger partial charge on any atom is 0.222 e. The maximum absolute atomic E-state index is 12.5. The van der Waals surface area contributed by atoms with Gasteiger partial charge in [-0.2, -0.15) is 0 Å². The number of fused-ring (bicyclic) bond motifs is 2. The molecule has 0 aliphatic rings. The molecule has 0 saturated heterocycles. The standard InChI is InChI=1S/C24H24N2O/c1-26(17-18-13-14-19-7-2-3-8-20(19)15-18)24(27)12-6-9-21-16-25-23-11-5-4-10-22(21)23/h2-5,7-8,10-11,13-16,25H,6,9,12,17H2,1H3. The molecule has 1 amide bonds. The molecule has 4 aromatic rings. The van der Waals surface area contributed by atoms with Crippen LogP contribution in [0.15, 0.2) is 72.9 Å². The molecule has 0 bridgehead atoms. The second-order valence-corrected chi connectivity index (χ2v) is 7.14. The summed E-state index contributed by atoms with van der Waals surface area (Å²) in [7, 11) is 1.89. The molecule has 0 atom stereocenters. The fourth-order valence-electron chi connectivity index (χ4n) is 3.66. The number of carbonyl (C=O) groups is 1. The van der Waals surface area contributed by atoms with Gasteiger partial charge in [0.25, 0.3) is 0 Å². The van der Waals surface area contributed by atoms with Gasteiger partial charge in [0.05, 0.1) is 0 Å². The highest BCUT2D eigenvalue weighted by Gasteiger charge is 2.10. The van der Waals surface area contributed by atoms with Crippen LogP contribution in [-0.2, 0) is 17.8 Å². The fourth-order valence-corrected chi connectivity index (χ4v) is 3.66. The minimum atomic E-state index is 0.197. The van der Waals surface area contributed by atoms with Crippen LogP contribution < -0.4 is 0 Å². The molecule has 1 heterocycles. The van der Waals surface area contributed by atoms with Crippen LogP contribution in [0.1, 0.15) is 24.0 Å². The van der Waals surface area contributed by atoms with Crippen molar-refractivity contribution in [3.63, 3.8) is 0 Å². The molecule has 0 aliphatic carbocycles. The molecule has 0 unspecified atom stereocenters. The van der Waals surface area contributed by atoms with Crippen molar-refractivity contribution in [3.8, 4) is 0 Å². The second kappa shape index (κ2) is 7.67. The molecule has 136 valence electrons. The van der Waals surface area contributed by atoms with E-state index in [4.69, 9.17) is 0 Å². The van der Waals surface area contributed by atoms with E-state index in [1.807, 2.05) is 30.1 Å². The van der Waals surface area contributed by atoms with Crippen LogP contribution in [0.3, 0.4) is 0 Å². The third-order valence-corrected chi connectivity index (χ3v) is 5.17. The molecule has 27 heavy (non-hydrogen) atoms. The Balaban J connectivity index is 1.33. The van der Waals surface area contributed by atoms with Gasteiger partial charge in [-0.3, -0.25) is 4.79 Å². The third kappa shape index (κ3) is 3.87. The van der Waals surface area contributed by atoms with Crippen molar-refractivity contribution in [2.75, 3.05) is 7.05 Å². The van der Waals surface area contributed by atoms with E-state index in [1.54, 1.807) is 0 Å². The van der Waals surface area contributed by atoms with Gasteiger partial charge in [-0.1, -0.05) is 54.6 Å². The van der Waals surface area contributed by atoms with E-state index in [9.17, 15) is 4.79 Å². The van der Waals surface area contributed by atoms with Gasteiger partial charge in [-0.05, 0) is 46.9 Å². The van der Waals surface area contributed by atoms with E-state index in [1.165, 1.54) is 27.3 Å². The number of hydrogen-bond donors (Lipinski definition) is 1. The Bertz CT molecular complexity index is 1080. The molecular formula is C24H24N2O. The van der Waals surface area contributed by atoms with E-state index >= 15 is 0 Å². The molecule has 0 spiro atoms. The average molecular weight is 356 g/mol. The molecular weight excluding hydrogens is 332 g/mol. The predicted molar refractivity (Wildman–Crippen MR) is 112 cm³/mol. The van der Waals surface area contributed by atoms with Gasteiger partial charge < -0.3 is 9.88 Å². The normalized spacial score (nSPS) is 11.1. The molecule has 0 saturated carbocycles. The first-order chi connectivity index (χ1) is 13.2. The Morgan fingerprint density at radius 2 is 1.74 bits per heavy atom. The first-order valence-electron chi connectivity index (χ1n) is 9.47. The molecule has 4 rings (SSSR count). The number of para-hydroxylation sites is 1. The van der Waals surface area contributed by atoms with Crippen LogP contribution in [0.5, 0.6) is 0 Å². The summed E-state index contributed by atoms with van der Waals surface area (Å²) in [6.07, 6.45) is 4.42. The highest BCUT2D eigenvalue weighted by atomic mass is 16.2. The van der Waals surface area contributed by atoms with Crippen molar-refractivity contribution < 1.29 is 4.79 Å². The Hall–Kier alpha value is -3.07. The third-order valence-electron chi connectivity index (χ3n) is 5.17. The Morgan fingerprint density at radius 1 is 0.963 bits per heavy atom. The summed E-state index contributed by atoms with van der Waals surface area (Å²) in [5, 5.41) is 3.71. The maximum atomic E-state index is 12.5. The van der Waals surface area contributed by atoms with Crippen LogP contribution in [0.2, 0.25) is 0 Å². The van der Waals surface area contributed by atoms with Crippen molar-refractivity contribution in [1.82, 2.24) is 9.88 Å². The fraction of sp³-hybridized carbons (Fsp3) is 0.208. The number of aromatic amines is 1. The van der Waals surface area contributed by atoms with Gasteiger partial charge in [-0.15, -0.1) is 0 Å². The summed E-state index contributed by atoms with van der Waals surface area (Å²) in [6, 6.07) is 23.0. The van der Waals surface area contributed by atoms with Crippen molar-refractivity contribution in [2.45, 2.75) is 25.8 Å². The zero-order valence-corrected chi connectivity index (χ0v) is 15.6. The summed E-state index contributed by atoms with van der Waals surface area (Å²) in [5.74, 6) is 0.197. The molecule has 0 fully saturated rings. The molecule has 1 N–H and O–H groups in total. The number of nitrogens with one attached hydrogen (secondary N) is 1. The average Bonchev–Trinajstić information content (AvgIpc) is 3.11. The number of aromatic nitrogens is 1. The summed E-state index contributed by atoms with van der Waals surface area (Å²) < 4.78 is 0. The zero-order chi connectivity index (χ0) is 18.6. The topological polar surface area (TPSA) is 36.1 Å². The van der Waals surface area contributed by atoms with Crippen LogP contribution in [0.4, 0.5) is 0 Å². The highest BCUT2D eigenvalue weighted by Crippen LogP contribution is 2.20. The minimum absolute atomic E-state index is 0.197. The largest absolute Gasteiger partial charge is 0.361 e. The SMILES string of the molecule is CN(Cc1ccc2ccccc2c1)C(=O)CCCc1c[nH]c2ccccc12. The van der Waals surface area contributed by atoms with Gasteiger partial charge in [0.1, 0.15) is 0 Å². The molecule has 3 nitrogen and oxygen atoms in total.